The topological polar surface area (TPSA) is 70.8 Å². The number of nitrogens with zero attached hydrogens (tertiary/aromatic N) is 1. The summed E-state index contributed by atoms with van der Waals surface area (Å²) >= 11 is 0. The van der Waals surface area contributed by atoms with Crippen LogP contribution in [0.1, 0.15) is 5.56 Å². The van der Waals surface area contributed by atoms with E-state index in [1.807, 2.05) is 18.2 Å². The van der Waals surface area contributed by atoms with Crippen molar-refractivity contribution in [2.75, 3.05) is 13.7 Å². The van der Waals surface area contributed by atoms with E-state index < -0.39 is 10.7 Å². The molecule has 2 aromatic carbocycles. The first kappa shape index (κ1) is 13.4. The molecule has 0 fully saturated rings. The van der Waals surface area contributed by atoms with Crippen LogP contribution in [-0.2, 0) is 10.5 Å². The Kier molecular flexibility index (Phi) is 3.23. The molecule has 1 unspecified atom stereocenters. The van der Waals surface area contributed by atoms with Crippen LogP contribution in [0, 0.1) is 10.1 Å². The maximum absolute atomic E-state index is 10.7. The summed E-state index contributed by atoms with van der Waals surface area (Å²) in [5.41, 5.74) is 0.673. The summed E-state index contributed by atoms with van der Waals surface area (Å²) in [5.74, 6) is 0.111. The molecule has 3 rings (SSSR count). The Hall–Kier alpha value is -2.60. The molecule has 0 aromatic heterocycles. The van der Waals surface area contributed by atoms with E-state index in [9.17, 15) is 10.1 Å². The molecule has 0 aliphatic carbocycles. The number of hydrogen-bond acceptors (Lipinski definition) is 5. The van der Waals surface area contributed by atoms with Crippen LogP contribution in [0.25, 0.3) is 0 Å². The second-order valence-electron chi connectivity index (χ2n) is 4.60. The fraction of sp³-hybridized carbons (Fsp3) is 0.200. The summed E-state index contributed by atoms with van der Waals surface area (Å²) in [7, 11) is 1.51. The Morgan fingerprint density at radius 1 is 1.14 bits per heavy atom. The number of non-ortho nitro benzene ring substituents is 1. The molecule has 0 amide bonds. The molecule has 108 valence electrons. The molecule has 0 radical (unpaired) electrons. The van der Waals surface area contributed by atoms with Gasteiger partial charge in [-0.3, -0.25) is 10.1 Å². The number of fused-ring (bicyclic) bond motifs is 1. The monoisotopic (exact) mass is 287 g/mol. The number of hydrogen-bond donors (Lipinski definition) is 0. The van der Waals surface area contributed by atoms with E-state index >= 15 is 0 Å². The fourth-order valence-electron chi connectivity index (χ4n) is 2.23. The predicted molar refractivity (Wildman–Crippen MR) is 74.3 cm³/mol. The van der Waals surface area contributed by atoms with Gasteiger partial charge >= 0.3 is 0 Å². The van der Waals surface area contributed by atoms with Crippen molar-refractivity contribution in [2.24, 2.45) is 0 Å². The maximum atomic E-state index is 10.7. The van der Waals surface area contributed by atoms with Crippen LogP contribution in [0.2, 0.25) is 0 Å². The van der Waals surface area contributed by atoms with E-state index in [4.69, 9.17) is 14.2 Å². The minimum Gasteiger partial charge on any atom is -0.482 e. The highest BCUT2D eigenvalue weighted by atomic mass is 16.7. The highest BCUT2D eigenvalue weighted by Gasteiger charge is 2.40. The summed E-state index contributed by atoms with van der Waals surface area (Å²) in [6, 6.07) is 13.3. The van der Waals surface area contributed by atoms with E-state index in [0.29, 0.717) is 17.1 Å². The van der Waals surface area contributed by atoms with Crippen molar-refractivity contribution in [3.8, 4) is 11.5 Å². The average molecular weight is 287 g/mol. The van der Waals surface area contributed by atoms with Gasteiger partial charge < -0.3 is 14.2 Å². The molecular weight excluding hydrogens is 274 g/mol. The number of ether oxygens (including phenoxy) is 3. The lowest BCUT2D eigenvalue weighted by Gasteiger charge is -2.37. The quantitative estimate of drug-likeness (QED) is 0.641. The van der Waals surface area contributed by atoms with Crippen molar-refractivity contribution in [1.29, 1.82) is 0 Å². The van der Waals surface area contributed by atoms with Gasteiger partial charge in [-0.25, -0.2) is 0 Å². The van der Waals surface area contributed by atoms with E-state index in [2.05, 4.69) is 0 Å². The lowest BCUT2D eigenvalue weighted by atomic mass is 10.0. The van der Waals surface area contributed by atoms with E-state index in [-0.39, 0.29) is 12.3 Å². The Bertz CT molecular complexity index is 670. The van der Waals surface area contributed by atoms with E-state index in [1.54, 1.807) is 18.2 Å². The lowest BCUT2D eigenvalue weighted by molar-refractivity contribution is -0.384. The van der Waals surface area contributed by atoms with Crippen molar-refractivity contribution in [2.45, 2.75) is 5.79 Å². The second kappa shape index (κ2) is 5.06. The molecule has 1 heterocycles. The molecule has 1 aliphatic heterocycles. The van der Waals surface area contributed by atoms with E-state index in [0.717, 1.165) is 0 Å². The SMILES string of the molecule is COC1(c2ccc([N+](=O)[O-])cc2)COc2ccccc2O1. The zero-order chi connectivity index (χ0) is 14.9. The molecule has 0 saturated heterocycles. The molecule has 6 heteroatoms. The van der Waals surface area contributed by atoms with Crippen LogP contribution in [0.3, 0.4) is 0 Å². The maximum Gasteiger partial charge on any atom is 0.271 e. The van der Waals surface area contributed by atoms with Gasteiger partial charge in [0.1, 0.15) is 0 Å². The highest BCUT2D eigenvalue weighted by Crippen LogP contribution is 2.40. The third kappa shape index (κ3) is 2.30. The van der Waals surface area contributed by atoms with Gasteiger partial charge in [0.05, 0.1) is 4.92 Å². The molecule has 1 aliphatic rings. The van der Waals surface area contributed by atoms with Crippen LogP contribution >= 0.6 is 0 Å². The predicted octanol–water partition coefficient (Wildman–Crippen LogP) is 2.87. The van der Waals surface area contributed by atoms with Gasteiger partial charge in [-0.1, -0.05) is 12.1 Å². The zero-order valence-corrected chi connectivity index (χ0v) is 11.3. The summed E-state index contributed by atoms with van der Waals surface area (Å²) in [5, 5.41) is 10.7. The van der Waals surface area contributed by atoms with Gasteiger partial charge in [-0.15, -0.1) is 0 Å². The Morgan fingerprint density at radius 2 is 1.81 bits per heavy atom. The molecule has 0 saturated carbocycles. The van der Waals surface area contributed by atoms with Crippen molar-refractivity contribution >= 4 is 5.69 Å². The molecular formula is C15H13NO5. The molecule has 21 heavy (non-hydrogen) atoms. The standard InChI is InChI=1S/C15H13NO5/c1-19-15(11-6-8-12(9-7-11)16(17)18)10-20-13-4-2-3-5-14(13)21-15/h2-9H,10H2,1H3. The number of methoxy groups -OCH3 is 1. The van der Waals surface area contributed by atoms with Crippen molar-refractivity contribution in [3.63, 3.8) is 0 Å². The molecule has 0 N–H and O–H groups in total. The Labute approximate surface area is 121 Å². The third-order valence-corrected chi connectivity index (χ3v) is 3.39. The molecule has 2 aromatic rings. The molecule has 1 atom stereocenters. The van der Waals surface area contributed by atoms with Crippen LogP contribution in [0.15, 0.2) is 48.5 Å². The van der Waals surface area contributed by atoms with Crippen molar-refractivity contribution in [1.82, 2.24) is 0 Å². The molecule has 0 bridgehead atoms. The van der Waals surface area contributed by atoms with Gasteiger partial charge in [0.2, 0.25) is 0 Å². The average Bonchev–Trinajstić information content (AvgIpc) is 2.54. The Balaban J connectivity index is 1.96. The minimum absolute atomic E-state index is 0.0159. The number of benzene rings is 2. The lowest BCUT2D eigenvalue weighted by Crippen LogP contribution is -2.43. The normalized spacial score (nSPS) is 20.0. The largest absolute Gasteiger partial charge is 0.482 e. The van der Waals surface area contributed by atoms with Crippen LogP contribution in [0.4, 0.5) is 5.69 Å². The van der Waals surface area contributed by atoms with Crippen LogP contribution in [-0.4, -0.2) is 18.6 Å². The first-order valence-electron chi connectivity index (χ1n) is 6.35. The summed E-state index contributed by atoms with van der Waals surface area (Å²) < 4.78 is 17.1. The summed E-state index contributed by atoms with van der Waals surface area (Å²) in [4.78, 5) is 10.3. The van der Waals surface area contributed by atoms with Gasteiger partial charge in [0, 0.05) is 24.8 Å². The minimum atomic E-state index is -1.11. The van der Waals surface area contributed by atoms with E-state index in [1.165, 1.54) is 19.2 Å². The number of nitro groups is 1. The molecule has 6 nitrogen and oxygen atoms in total. The van der Waals surface area contributed by atoms with Gasteiger partial charge in [0.25, 0.3) is 11.5 Å². The van der Waals surface area contributed by atoms with Gasteiger partial charge in [0.15, 0.2) is 18.1 Å². The zero-order valence-electron chi connectivity index (χ0n) is 11.3. The highest BCUT2D eigenvalue weighted by molar-refractivity contribution is 5.43. The summed E-state index contributed by atoms with van der Waals surface area (Å²) in [6.45, 7) is 0.165. The first-order chi connectivity index (χ1) is 10.1. The summed E-state index contributed by atoms with van der Waals surface area (Å²) in [6.07, 6.45) is 0. The van der Waals surface area contributed by atoms with Gasteiger partial charge in [-0.05, 0) is 24.3 Å². The molecule has 0 spiro atoms. The van der Waals surface area contributed by atoms with Crippen LogP contribution in [0.5, 0.6) is 11.5 Å². The third-order valence-electron chi connectivity index (χ3n) is 3.39. The number of nitro benzene ring substituents is 1. The fourth-order valence-corrected chi connectivity index (χ4v) is 2.23. The second-order valence-corrected chi connectivity index (χ2v) is 4.60. The van der Waals surface area contributed by atoms with Crippen molar-refractivity contribution in [3.05, 3.63) is 64.2 Å². The van der Waals surface area contributed by atoms with Crippen LogP contribution < -0.4 is 9.47 Å². The smallest absolute Gasteiger partial charge is 0.271 e. The Morgan fingerprint density at radius 3 is 2.43 bits per heavy atom. The van der Waals surface area contributed by atoms with Crippen molar-refractivity contribution < 1.29 is 19.1 Å². The number of para-hydroxylation sites is 2. The van der Waals surface area contributed by atoms with Gasteiger partial charge in [-0.2, -0.15) is 0 Å². The first-order valence-corrected chi connectivity index (χ1v) is 6.35. The number of rotatable bonds is 3.